The highest BCUT2D eigenvalue weighted by molar-refractivity contribution is 6.04. The number of benzene rings is 1. The molecule has 1 aliphatic heterocycles. The highest BCUT2D eigenvalue weighted by atomic mass is 16.1. The molecule has 0 aliphatic carbocycles. The minimum absolute atomic E-state index is 0.0662. The van der Waals surface area contributed by atoms with E-state index in [1.165, 1.54) is 0 Å². The average Bonchev–Trinajstić information content (AvgIpc) is 3.01. The molecule has 1 aromatic heterocycles. The van der Waals surface area contributed by atoms with Crippen molar-refractivity contribution in [2.75, 3.05) is 6.54 Å². The summed E-state index contributed by atoms with van der Waals surface area (Å²) in [6.07, 6.45) is 2.20. The largest absolute Gasteiger partial charge is 0.366 e. The van der Waals surface area contributed by atoms with E-state index >= 15 is 0 Å². The summed E-state index contributed by atoms with van der Waals surface area (Å²) in [4.78, 5) is 22.3. The summed E-state index contributed by atoms with van der Waals surface area (Å²) in [5.74, 6) is 0.483. The summed E-state index contributed by atoms with van der Waals surface area (Å²) in [6.45, 7) is 9.98. The van der Waals surface area contributed by atoms with E-state index in [4.69, 9.17) is 10.7 Å². The SMILES string of the molecule is CC(C)(C)N1CCC[C@]1(C)c1nc2c(C(N)=O)cccc2[nH]1. The number of carbonyl (C=O) groups is 1. The zero-order valence-electron chi connectivity index (χ0n) is 13.7. The van der Waals surface area contributed by atoms with Crippen LogP contribution in [0.1, 0.15) is 56.7 Å². The lowest BCUT2D eigenvalue weighted by Gasteiger charge is -2.43. The minimum Gasteiger partial charge on any atom is -0.366 e. The topological polar surface area (TPSA) is 75.0 Å². The Morgan fingerprint density at radius 1 is 1.41 bits per heavy atom. The van der Waals surface area contributed by atoms with Crippen LogP contribution >= 0.6 is 0 Å². The van der Waals surface area contributed by atoms with Gasteiger partial charge in [0.05, 0.1) is 16.6 Å². The fourth-order valence-electron chi connectivity index (χ4n) is 3.77. The number of fused-ring (bicyclic) bond motifs is 1. The Hall–Kier alpha value is -1.88. The Labute approximate surface area is 130 Å². The van der Waals surface area contributed by atoms with E-state index in [0.717, 1.165) is 30.7 Å². The Bertz CT molecular complexity index is 728. The number of nitrogens with two attached hydrogens (primary N) is 1. The predicted molar refractivity (Wildman–Crippen MR) is 87.7 cm³/mol. The van der Waals surface area contributed by atoms with Gasteiger partial charge in [0, 0.05) is 5.54 Å². The summed E-state index contributed by atoms with van der Waals surface area (Å²) >= 11 is 0. The molecule has 1 aliphatic rings. The Morgan fingerprint density at radius 3 is 2.77 bits per heavy atom. The van der Waals surface area contributed by atoms with E-state index in [9.17, 15) is 4.79 Å². The van der Waals surface area contributed by atoms with E-state index in [2.05, 4.69) is 37.6 Å². The molecule has 1 saturated heterocycles. The molecule has 0 spiro atoms. The van der Waals surface area contributed by atoms with Crippen molar-refractivity contribution in [1.82, 2.24) is 14.9 Å². The van der Waals surface area contributed by atoms with Gasteiger partial charge in [0.25, 0.3) is 5.91 Å². The fraction of sp³-hybridized carbons (Fsp3) is 0.529. The number of amides is 1. The molecule has 3 N–H and O–H groups in total. The van der Waals surface area contributed by atoms with Crippen molar-refractivity contribution in [1.29, 1.82) is 0 Å². The first kappa shape index (κ1) is 15.0. The third-order valence-electron chi connectivity index (χ3n) is 4.74. The van der Waals surface area contributed by atoms with Gasteiger partial charge in [0.2, 0.25) is 0 Å². The quantitative estimate of drug-likeness (QED) is 0.895. The van der Waals surface area contributed by atoms with Crippen molar-refractivity contribution in [3.8, 4) is 0 Å². The van der Waals surface area contributed by atoms with Crippen LogP contribution in [0.3, 0.4) is 0 Å². The van der Waals surface area contributed by atoms with Crippen LogP contribution in [0.2, 0.25) is 0 Å². The number of aromatic amines is 1. The van der Waals surface area contributed by atoms with Crippen LogP contribution in [0.15, 0.2) is 18.2 Å². The van der Waals surface area contributed by atoms with E-state index < -0.39 is 5.91 Å². The number of hydrogen-bond acceptors (Lipinski definition) is 3. The zero-order valence-corrected chi connectivity index (χ0v) is 13.7. The van der Waals surface area contributed by atoms with Gasteiger partial charge in [-0.15, -0.1) is 0 Å². The van der Waals surface area contributed by atoms with Crippen molar-refractivity contribution in [2.45, 2.75) is 51.6 Å². The van der Waals surface area contributed by atoms with Crippen molar-refractivity contribution < 1.29 is 4.79 Å². The summed E-state index contributed by atoms with van der Waals surface area (Å²) in [5.41, 5.74) is 7.41. The molecule has 1 aromatic carbocycles. The van der Waals surface area contributed by atoms with Gasteiger partial charge >= 0.3 is 0 Å². The van der Waals surface area contributed by atoms with Gasteiger partial charge in [-0.05, 0) is 59.2 Å². The molecule has 3 rings (SSSR count). The van der Waals surface area contributed by atoms with Gasteiger partial charge in [-0.25, -0.2) is 4.98 Å². The van der Waals surface area contributed by atoms with E-state index in [1.54, 1.807) is 6.07 Å². The molecule has 22 heavy (non-hydrogen) atoms. The molecular weight excluding hydrogens is 276 g/mol. The minimum atomic E-state index is -0.437. The second-order valence-electron chi connectivity index (χ2n) is 7.35. The van der Waals surface area contributed by atoms with Crippen LogP contribution in [0.25, 0.3) is 11.0 Å². The molecule has 1 fully saturated rings. The number of nitrogens with one attached hydrogen (secondary N) is 1. The summed E-state index contributed by atoms with van der Waals surface area (Å²) in [5, 5.41) is 0. The van der Waals surface area contributed by atoms with Crippen LogP contribution < -0.4 is 5.73 Å². The second-order valence-corrected chi connectivity index (χ2v) is 7.35. The summed E-state index contributed by atoms with van der Waals surface area (Å²) in [6, 6.07) is 5.51. The van der Waals surface area contributed by atoms with Crippen LogP contribution in [-0.4, -0.2) is 32.9 Å². The first-order chi connectivity index (χ1) is 10.2. The number of hydrogen-bond donors (Lipinski definition) is 2. The van der Waals surface area contributed by atoms with E-state index in [0.29, 0.717) is 11.1 Å². The molecule has 0 bridgehead atoms. The van der Waals surface area contributed by atoms with Crippen molar-refractivity contribution in [3.05, 3.63) is 29.6 Å². The van der Waals surface area contributed by atoms with Gasteiger partial charge in [0.1, 0.15) is 11.3 Å². The molecule has 0 radical (unpaired) electrons. The number of imidazole rings is 1. The molecule has 5 nitrogen and oxygen atoms in total. The smallest absolute Gasteiger partial charge is 0.250 e. The van der Waals surface area contributed by atoms with E-state index in [1.807, 2.05) is 12.1 Å². The number of carbonyl (C=O) groups excluding carboxylic acids is 1. The maximum absolute atomic E-state index is 11.6. The fourth-order valence-corrected chi connectivity index (χ4v) is 3.77. The number of H-pyrrole nitrogens is 1. The third kappa shape index (κ3) is 2.20. The molecule has 118 valence electrons. The lowest BCUT2D eigenvalue weighted by atomic mass is 9.93. The normalized spacial score (nSPS) is 23.3. The predicted octanol–water partition coefficient (Wildman–Crippen LogP) is 2.77. The van der Waals surface area contributed by atoms with Gasteiger partial charge in [-0.3, -0.25) is 9.69 Å². The van der Waals surface area contributed by atoms with Gasteiger partial charge in [-0.2, -0.15) is 0 Å². The van der Waals surface area contributed by atoms with E-state index in [-0.39, 0.29) is 11.1 Å². The monoisotopic (exact) mass is 300 g/mol. The number of aromatic nitrogens is 2. The molecule has 2 heterocycles. The van der Waals surface area contributed by atoms with Gasteiger partial charge in [0.15, 0.2) is 0 Å². The Morgan fingerprint density at radius 2 is 2.14 bits per heavy atom. The summed E-state index contributed by atoms with van der Waals surface area (Å²) < 4.78 is 0. The maximum Gasteiger partial charge on any atom is 0.250 e. The highest BCUT2D eigenvalue weighted by Crippen LogP contribution is 2.42. The standard InChI is InChI=1S/C17H24N4O/c1-16(2,3)21-10-6-9-17(21,4)15-19-12-8-5-7-11(14(18)22)13(12)20-15/h5,7-8H,6,9-10H2,1-4H3,(H2,18,22)(H,19,20)/t17-/m1/s1. The molecular formula is C17H24N4O. The summed E-state index contributed by atoms with van der Waals surface area (Å²) in [7, 11) is 0. The third-order valence-corrected chi connectivity index (χ3v) is 4.74. The molecule has 1 amide bonds. The number of rotatable bonds is 2. The maximum atomic E-state index is 11.6. The lowest BCUT2D eigenvalue weighted by molar-refractivity contribution is 0.0481. The van der Waals surface area contributed by atoms with Gasteiger partial charge < -0.3 is 10.7 Å². The highest BCUT2D eigenvalue weighted by Gasteiger charge is 2.45. The first-order valence-corrected chi connectivity index (χ1v) is 7.80. The van der Waals surface area contributed by atoms with Crippen molar-refractivity contribution in [3.63, 3.8) is 0 Å². The van der Waals surface area contributed by atoms with Crippen LogP contribution in [0.4, 0.5) is 0 Å². The first-order valence-electron chi connectivity index (χ1n) is 7.80. The molecule has 0 saturated carbocycles. The lowest BCUT2D eigenvalue weighted by Crippen LogP contribution is -2.50. The Balaban J connectivity index is 2.14. The van der Waals surface area contributed by atoms with Crippen LogP contribution in [0, 0.1) is 0 Å². The van der Waals surface area contributed by atoms with Crippen LogP contribution in [-0.2, 0) is 5.54 Å². The number of primary amides is 1. The van der Waals surface area contributed by atoms with Crippen molar-refractivity contribution >= 4 is 16.9 Å². The van der Waals surface area contributed by atoms with Gasteiger partial charge in [-0.1, -0.05) is 6.07 Å². The van der Waals surface area contributed by atoms with Crippen LogP contribution in [0.5, 0.6) is 0 Å². The number of likely N-dealkylation sites (tertiary alicyclic amines) is 1. The molecule has 1 atom stereocenters. The number of nitrogens with zero attached hydrogens (tertiary/aromatic N) is 2. The molecule has 2 aromatic rings. The second kappa shape index (κ2) is 4.81. The average molecular weight is 300 g/mol. The Kier molecular flexibility index (Phi) is 3.29. The van der Waals surface area contributed by atoms with Crippen molar-refractivity contribution in [2.24, 2.45) is 5.73 Å². The molecule has 0 unspecified atom stereocenters. The number of para-hydroxylation sites is 1. The zero-order chi connectivity index (χ0) is 16.1. The molecule has 5 heteroatoms.